The lowest BCUT2D eigenvalue weighted by Crippen LogP contribution is -2.60. The van der Waals surface area contributed by atoms with Crippen molar-refractivity contribution in [2.24, 2.45) is 17.4 Å². The van der Waals surface area contributed by atoms with Gasteiger partial charge in [0.25, 0.3) is 5.91 Å². The van der Waals surface area contributed by atoms with Gasteiger partial charge in [-0.1, -0.05) is 80.6 Å². The van der Waals surface area contributed by atoms with Crippen molar-refractivity contribution in [1.29, 1.82) is 0 Å². The fraction of sp³-hybridized carbons (Fsp3) is 0.364. The molecule has 11 N–H and O–H groups in total. The van der Waals surface area contributed by atoms with Gasteiger partial charge in [-0.25, -0.2) is 9.80 Å². The van der Waals surface area contributed by atoms with E-state index in [0.717, 1.165) is 37.9 Å². The third-order valence-corrected chi connectivity index (χ3v) is 10.2. The number of aromatic amines is 2. The fourth-order valence-electron chi connectivity index (χ4n) is 7.01. The predicted octanol–water partition coefficient (Wildman–Crippen LogP) is 2.83. The summed E-state index contributed by atoms with van der Waals surface area (Å²) in [4.78, 5) is 87.6. The van der Waals surface area contributed by atoms with Gasteiger partial charge in [-0.3, -0.25) is 29.4 Å². The Kier molecular flexibility index (Phi) is 15.8. The normalized spacial score (nSPS) is 13.2. The number of urea groups is 1. The summed E-state index contributed by atoms with van der Waals surface area (Å²) in [6, 6.07) is 18.8. The summed E-state index contributed by atoms with van der Waals surface area (Å²) >= 11 is 0. The van der Waals surface area contributed by atoms with Crippen molar-refractivity contribution in [3.05, 3.63) is 108 Å². The summed E-state index contributed by atoms with van der Waals surface area (Å²) in [5, 5.41) is 13.7. The number of para-hydroxylation sites is 2. The second kappa shape index (κ2) is 21.4. The summed E-state index contributed by atoms with van der Waals surface area (Å²) < 4.78 is 0. The van der Waals surface area contributed by atoms with Gasteiger partial charge in [-0.2, -0.15) is 0 Å². The summed E-state index contributed by atoms with van der Waals surface area (Å²) in [5.74, 6) is -2.97. The molecule has 0 saturated heterocycles. The number of carbonyl (C=O) groups is 6. The van der Waals surface area contributed by atoms with E-state index in [1.807, 2.05) is 68.4 Å². The predicted molar refractivity (Wildman–Crippen MR) is 230 cm³/mol. The number of H-pyrrole nitrogens is 2. The van der Waals surface area contributed by atoms with E-state index >= 15 is 0 Å². The largest absolute Gasteiger partial charge is 0.368 e. The molecule has 2 aromatic heterocycles. The molecule has 7 amide bonds. The van der Waals surface area contributed by atoms with E-state index in [0.29, 0.717) is 24.9 Å². The highest BCUT2D eigenvalue weighted by atomic mass is 16.2. The monoisotopic (exact) mass is 820 g/mol. The van der Waals surface area contributed by atoms with E-state index in [1.54, 1.807) is 36.7 Å². The molecule has 4 atom stereocenters. The van der Waals surface area contributed by atoms with Crippen LogP contribution in [0.3, 0.4) is 0 Å². The number of hydrogen-bond acceptors (Lipinski definition) is 7. The number of fused-ring (bicyclic) bond motifs is 2. The van der Waals surface area contributed by atoms with E-state index < -0.39 is 53.8 Å². The number of hydrazine groups is 1. The Labute approximate surface area is 348 Å². The zero-order valence-corrected chi connectivity index (χ0v) is 34.3. The van der Waals surface area contributed by atoms with Crippen LogP contribution in [0.4, 0.5) is 4.79 Å². The van der Waals surface area contributed by atoms with Crippen molar-refractivity contribution in [3.8, 4) is 0 Å². The number of carbonyl (C=O) groups excluding carboxylic acids is 6. The molecule has 0 spiro atoms. The summed E-state index contributed by atoms with van der Waals surface area (Å²) in [7, 11) is 1.33. The van der Waals surface area contributed by atoms with Crippen molar-refractivity contribution in [3.63, 3.8) is 0 Å². The summed E-state index contributed by atoms with van der Waals surface area (Å²) in [5.41, 5.74) is 17.8. The number of nitrogens with zero attached hydrogens (tertiary/aromatic N) is 1. The van der Waals surface area contributed by atoms with Gasteiger partial charge >= 0.3 is 6.03 Å². The lowest BCUT2D eigenvalue weighted by Gasteiger charge is -2.27. The standard InChI is InChI=1S/C44H56N10O6/c1-27(2)21-39(55)49-38(24-30-26-48-34-18-10-8-16-32(30)34)43(59)53-54(3)44(60)52-37(23-29-25-47-33-17-9-7-15-31(29)33)42(58)51-36(22-28-13-5-4-6-14-28)41(57)50-35(40(46)56)19-11-12-20-45/h4-10,13-18,25-27,35-38,47-48H,11-12,19-24,45H2,1-3H3,(H2,46,56)(H,49,55)(H,50,57)(H,51,58)(H,52,60)(H,53,59)/t35-,36+,37-,38+/m0/s1. The molecule has 0 unspecified atom stereocenters. The van der Waals surface area contributed by atoms with E-state index in [9.17, 15) is 28.8 Å². The average Bonchev–Trinajstić information content (AvgIpc) is 3.83. The number of amides is 7. The van der Waals surface area contributed by atoms with Crippen LogP contribution in [0.1, 0.15) is 56.2 Å². The highest BCUT2D eigenvalue weighted by Crippen LogP contribution is 2.21. The van der Waals surface area contributed by atoms with Crippen molar-refractivity contribution >= 4 is 57.4 Å². The van der Waals surface area contributed by atoms with Crippen LogP contribution in [-0.2, 0) is 43.2 Å². The first-order valence-corrected chi connectivity index (χ1v) is 20.2. The van der Waals surface area contributed by atoms with Crippen LogP contribution in [0.15, 0.2) is 91.3 Å². The third kappa shape index (κ3) is 12.4. The fourth-order valence-corrected chi connectivity index (χ4v) is 7.01. The molecule has 0 aliphatic heterocycles. The van der Waals surface area contributed by atoms with Crippen LogP contribution in [0.2, 0.25) is 0 Å². The topological polar surface area (TPSA) is 249 Å². The quantitative estimate of drug-likeness (QED) is 0.0419. The molecule has 2 heterocycles. The van der Waals surface area contributed by atoms with Crippen molar-refractivity contribution in [2.45, 2.75) is 83.0 Å². The number of hydrogen-bond donors (Lipinski definition) is 9. The van der Waals surface area contributed by atoms with Crippen LogP contribution in [-0.4, -0.2) is 88.3 Å². The lowest BCUT2D eigenvalue weighted by molar-refractivity contribution is -0.132. The van der Waals surface area contributed by atoms with Crippen molar-refractivity contribution in [2.75, 3.05) is 13.6 Å². The molecule has 5 rings (SSSR count). The second-order valence-electron chi connectivity index (χ2n) is 15.4. The third-order valence-electron chi connectivity index (χ3n) is 10.2. The van der Waals surface area contributed by atoms with Gasteiger partial charge in [0.05, 0.1) is 0 Å². The maximum absolute atomic E-state index is 14.3. The van der Waals surface area contributed by atoms with Gasteiger partial charge in [-0.15, -0.1) is 0 Å². The number of benzene rings is 3. The number of nitrogens with one attached hydrogen (secondary N) is 7. The molecule has 0 radical (unpaired) electrons. The van der Waals surface area contributed by atoms with Crippen LogP contribution >= 0.6 is 0 Å². The van der Waals surface area contributed by atoms with Gasteiger partial charge in [0, 0.05) is 66.9 Å². The Bertz CT molecular complexity index is 2250. The molecule has 0 bridgehead atoms. The maximum atomic E-state index is 14.3. The molecule has 16 heteroatoms. The van der Waals surface area contributed by atoms with Crippen molar-refractivity contribution < 1.29 is 28.8 Å². The van der Waals surface area contributed by atoms with E-state index in [-0.39, 0.29) is 43.9 Å². The number of rotatable bonds is 20. The van der Waals surface area contributed by atoms with Gasteiger partial charge in [0.2, 0.25) is 23.6 Å². The van der Waals surface area contributed by atoms with Crippen LogP contribution in [0, 0.1) is 5.92 Å². The summed E-state index contributed by atoms with van der Waals surface area (Å²) in [6.45, 7) is 4.21. The van der Waals surface area contributed by atoms with Gasteiger partial charge < -0.3 is 42.7 Å². The van der Waals surface area contributed by atoms with Crippen LogP contribution < -0.4 is 38.2 Å². The second-order valence-corrected chi connectivity index (χ2v) is 15.4. The Hall–Kier alpha value is -6.68. The van der Waals surface area contributed by atoms with E-state index in [1.165, 1.54) is 7.05 Å². The Balaban J connectivity index is 1.37. The van der Waals surface area contributed by atoms with Crippen LogP contribution in [0.25, 0.3) is 21.8 Å². The average molecular weight is 821 g/mol. The lowest BCUT2D eigenvalue weighted by atomic mass is 10.0. The first-order chi connectivity index (χ1) is 28.8. The molecular weight excluding hydrogens is 765 g/mol. The SMILES string of the molecule is CC(C)CC(=O)N[C@H](Cc1c[nH]c2ccccc12)C(=O)NN(C)C(=O)N[C@@H](Cc1c[nH]c2ccccc12)C(=O)N[C@H](Cc1ccccc1)C(=O)N[C@@H](CCCCN)C(N)=O. The molecule has 0 saturated carbocycles. The van der Waals surface area contributed by atoms with Gasteiger partial charge in [0.1, 0.15) is 24.2 Å². The molecule has 0 aliphatic rings. The molecule has 318 valence electrons. The minimum absolute atomic E-state index is 0.000493. The first kappa shape index (κ1) is 44.4. The van der Waals surface area contributed by atoms with Crippen molar-refractivity contribution in [1.82, 2.24) is 41.7 Å². The number of nitrogens with two attached hydrogens (primary N) is 2. The molecule has 16 nitrogen and oxygen atoms in total. The molecular formula is C44H56N10O6. The van der Waals surface area contributed by atoms with Gasteiger partial charge in [0.15, 0.2) is 0 Å². The summed E-state index contributed by atoms with van der Waals surface area (Å²) in [6.07, 6.45) is 5.37. The Morgan fingerprint density at radius 3 is 1.70 bits per heavy atom. The molecule has 0 aliphatic carbocycles. The zero-order chi connectivity index (χ0) is 43.2. The van der Waals surface area contributed by atoms with Crippen LogP contribution in [0.5, 0.6) is 0 Å². The minimum atomic E-state index is -1.26. The minimum Gasteiger partial charge on any atom is -0.368 e. The van der Waals surface area contributed by atoms with E-state index in [2.05, 4.69) is 36.7 Å². The smallest absolute Gasteiger partial charge is 0.336 e. The Morgan fingerprint density at radius 1 is 0.633 bits per heavy atom. The highest BCUT2D eigenvalue weighted by Gasteiger charge is 2.32. The number of unbranched alkanes of at least 4 members (excludes halogenated alkanes) is 1. The first-order valence-electron chi connectivity index (χ1n) is 20.2. The molecule has 5 aromatic rings. The zero-order valence-electron chi connectivity index (χ0n) is 34.3. The highest BCUT2D eigenvalue weighted by molar-refractivity contribution is 5.95. The molecule has 3 aromatic carbocycles. The molecule has 60 heavy (non-hydrogen) atoms. The Morgan fingerprint density at radius 2 is 1.15 bits per heavy atom. The van der Waals surface area contributed by atoms with E-state index in [4.69, 9.17) is 11.5 Å². The molecule has 0 fully saturated rings. The van der Waals surface area contributed by atoms with Gasteiger partial charge in [-0.05, 0) is 60.5 Å². The maximum Gasteiger partial charge on any atom is 0.336 e. The number of aromatic nitrogens is 2. The number of primary amides is 1.